The summed E-state index contributed by atoms with van der Waals surface area (Å²) >= 11 is 0. The second kappa shape index (κ2) is 2.40. The van der Waals surface area contributed by atoms with Gasteiger partial charge in [0.25, 0.3) is 0 Å². The van der Waals surface area contributed by atoms with Crippen molar-refractivity contribution in [1.82, 2.24) is 0 Å². The van der Waals surface area contributed by atoms with Gasteiger partial charge in [-0.2, -0.15) is 0 Å². The molecule has 2 heteroatoms. The van der Waals surface area contributed by atoms with Crippen molar-refractivity contribution in [2.24, 2.45) is 0 Å². The maximum atomic E-state index is 12.1. The second-order valence-corrected chi connectivity index (χ2v) is 1.67. The standard InChI is InChI=1S/C7H5FO/c8-7-3-1-6(5-9)2-4-7/h1-5H/i5+1. The van der Waals surface area contributed by atoms with Crippen molar-refractivity contribution >= 4 is 6.29 Å². The first-order valence-corrected chi connectivity index (χ1v) is 2.53. The zero-order valence-corrected chi connectivity index (χ0v) is 4.67. The molecule has 0 aliphatic heterocycles. The molecular weight excluding hydrogens is 120 g/mol. The Morgan fingerprint density at radius 2 is 1.78 bits per heavy atom. The van der Waals surface area contributed by atoms with Gasteiger partial charge in [-0.15, -0.1) is 0 Å². The fraction of sp³-hybridized carbons (Fsp3) is 0. The van der Waals surface area contributed by atoms with Crippen molar-refractivity contribution in [2.45, 2.75) is 0 Å². The molecule has 9 heavy (non-hydrogen) atoms. The van der Waals surface area contributed by atoms with Gasteiger partial charge in [0, 0.05) is 5.56 Å². The lowest BCUT2D eigenvalue weighted by Gasteiger charge is -1.86. The van der Waals surface area contributed by atoms with Gasteiger partial charge >= 0.3 is 0 Å². The molecule has 0 radical (unpaired) electrons. The van der Waals surface area contributed by atoms with E-state index in [1.807, 2.05) is 0 Å². The van der Waals surface area contributed by atoms with Crippen LogP contribution in [0.4, 0.5) is 4.39 Å². The highest BCUT2D eigenvalue weighted by atomic mass is 19.1. The third kappa shape index (κ3) is 1.35. The van der Waals surface area contributed by atoms with Gasteiger partial charge in [0.2, 0.25) is 0 Å². The predicted molar refractivity (Wildman–Crippen MR) is 31.8 cm³/mol. The average Bonchev–Trinajstić information content (AvgIpc) is 1.90. The summed E-state index contributed by atoms with van der Waals surface area (Å²) in [5, 5.41) is 0. The maximum Gasteiger partial charge on any atom is 0.150 e. The summed E-state index contributed by atoms with van der Waals surface area (Å²) in [6.07, 6.45) is 0.680. The number of hydrogen-bond donors (Lipinski definition) is 0. The van der Waals surface area contributed by atoms with Gasteiger partial charge in [-0.3, -0.25) is 4.79 Å². The van der Waals surface area contributed by atoms with Crippen LogP contribution in [0.1, 0.15) is 10.4 Å². The van der Waals surface area contributed by atoms with E-state index < -0.39 is 0 Å². The summed E-state index contributed by atoms with van der Waals surface area (Å²) in [5.74, 6) is -0.319. The van der Waals surface area contributed by atoms with E-state index in [1.165, 1.54) is 24.3 Å². The molecule has 0 unspecified atom stereocenters. The van der Waals surface area contributed by atoms with Crippen LogP contribution in [-0.4, -0.2) is 6.29 Å². The van der Waals surface area contributed by atoms with Crippen LogP contribution in [0.15, 0.2) is 24.3 Å². The molecule has 0 aromatic heterocycles. The van der Waals surface area contributed by atoms with Crippen molar-refractivity contribution in [1.29, 1.82) is 0 Å². The molecule has 0 atom stereocenters. The van der Waals surface area contributed by atoms with E-state index in [0.717, 1.165) is 0 Å². The van der Waals surface area contributed by atoms with E-state index in [-0.39, 0.29) is 5.82 Å². The third-order valence-electron chi connectivity index (χ3n) is 1.01. The molecule has 1 aromatic carbocycles. The predicted octanol–water partition coefficient (Wildman–Crippen LogP) is 1.64. The summed E-state index contributed by atoms with van der Waals surface area (Å²) in [6, 6.07) is 5.37. The van der Waals surface area contributed by atoms with Crippen LogP contribution >= 0.6 is 0 Å². The smallest absolute Gasteiger partial charge is 0.150 e. The summed E-state index contributed by atoms with van der Waals surface area (Å²) in [7, 11) is 0. The lowest BCUT2D eigenvalue weighted by molar-refractivity contribution is 0.112. The molecule has 0 N–H and O–H groups in total. The average molecular weight is 125 g/mol. The van der Waals surface area contributed by atoms with Crippen LogP contribution in [0.2, 0.25) is 0 Å². The molecule has 0 fully saturated rings. The Balaban J connectivity index is 3.01. The van der Waals surface area contributed by atoms with E-state index in [0.29, 0.717) is 11.8 Å². The third-order valence-corrected chi connectivity index (χ3v) is 1.01. The highest BCUT2D eigenvalue weighted by molar-refractivity contribution is 5.74. The van der Waals surface area contributed by atoms with Crippen LogP contribution < -0.4 is 0 Å². The lowest BCUT2D eigenvalue weighted by atomic mass is 10.3. The van der Waals surface area contributed by atoms with Crippen molar-refractivity contribution in [3.63, 3.8) is 0 Å². The van der Waals surface area contributed by atoms with Crippen molar-refractivity contribution in [3.05, 3.63) is 35.6 Å². The number of halogens is 1. The SMILES string of the molecule is O=[13CH]c1ccc(F)cc1. The van der Waals surface area contributed by atoms with Gasteiger partial charge in [0.15, 0.2) is 0 Å². The van der Waals surface area contributed by atoms with Gasteiger partial charge in [-0.25, -0.2) is 4.39 Å². The van der Waals surface area contributed by atoms with E-state index in [1.54, 1.807) is 0 Å². The Morgan fingerprint density at radius 1 is 1.22 bits per heavy atom. The van der Waals surface area contributed by atoms with Crippen molar-refractivity contribution in [2.75, 3.05) is 0 Å². The molecule has 1 aromatic rings. The first-order chi connectivity index (χ1) is 4.33. The molecule has 0 aliphatic rings. The summed E-state index contributed by atoms with van der Waals surface area (Å²) < 4.78 is 12.1. The van der Waals surface area contributed by atoms with Crippen LogP contribution in [0, 0.1) is 5.82 Å². The molecule has 1 rings (SSSR count). The van der Waals surface area contributed by atoms with Gasteiger partial charge < -0.3 is 0 Å². The van der Waals surface area contributed by atoms with Crippen molar-refractivity contribution < 1.29 is 9.18 Å². The molecule has 0 spiro atoms. The summed E-state index contributed by atoms with van der Waals surface area (Å²) in [6.45, 7) is 0. The van der Waals surface area contributed by atoms with Crippen LogP contribution in [0.5, 0.6) is 0 Å². The number of rotatable bonds is 1. The van der Waals surface area contributed by atoms with Gasteiger partial charge in [0.05, 0.1) is 0 Å². The topological polar surface area (TPSA) is 17.1 Å². The minimum atomic E-state index is -0.319. The minimum absolute atomic E-state index is 0.319. The Labute approximate surface area is 52.1 Å². The minimum Gasteiger partial charge on any atom is -0.298 e. The Bertz CT molecular complexity index is 203. The number of aldehydes is 1. The number of hydrogen-bond acceptors (Lipinski definition) is 1. The molecule has 0 bridgehead atoms. The fourth-order valence-corrected chi connectivity index (χ4v) is 0.541. The summed E-state index contributed by atoms with van der Waals surface area (Å²) in [5.41, 5.74) is 0.497. The van der Waals surface area contributed by atoms with Crippen LogP contribution in [0.3, 0.4) is 0 Å². The Kier molecular flexibility index (Phi) is 1.58. The molecular formula is C7H5FO. The summed E-state index contributed by atoms with van der Waals surface area (Å²) in [4.78, 5) is 10.00. The van der Waals surface area contributed by atoms with Crippen LogP contribution in [0.25, 0.3) is 0 Å². The highest BCUT2D eigenvalue weighted by Crippen LogP contribution is 1.98. The second-order valence-electron chi connectivity index (χ2n) is 1.67. The number of benzene rings is 1. The Hall–Kier alpha value is -1.18. The van der Waals surface area contributed by atoms with Gasteiger partial charge in [-0.05, 0) is 24.3 Å². The van der Waals surface area contributed by atoms with E-state index in [9.17, 15) is 9.18 Å². The van der Waals surface area contributed by atoms with E-state index in [4.69, 9.17) is 0 Å². The van der Waals surface area contributed by atoms with E-state index in [2.05, 4.69) is 0 Å². The first kappa shape index (κ1) is 5.95. The largest absolute Gasteiger partial charge is 0.298 e. The first-order valence-electron chi connectivity index (χ1n) is 2.53. The van der Waals surface area contributed by atoms with Crippen LogP contribution in [-0.2, 0) is 0 Å². The lowest BCUT2D eigenvalue weighted by Crippen LogP contribution is -1.77. The van der Waals surface area contributed by atoms with Gasteiger partial charge in [0.1, 0.15) is 12.1 Å². The van der Waals surface area contributed by atoms with Crippen molar-refractivity contribution in [3.8, 4) is 0 Å². The highest BCUT2D eigenvalue weighted by Gasteiger charge is 1.87. The van der Waals surface area contributed by atoms with Gasteiger partial charge in [-0.1, -0.05) is 0 Å². The monoisotopic (exact) mass is 125 g/mol. The Morgan fingerprint density at radius 3 is 2.22 bits per heavy atom. The molecule has 0 aliphatic carbocycles. The number of carbonyl (C=O) groups excluding carboxylic acids is 1. The zero-order valence-electron chi connectivity index (χ0n) is 4.67. The fourth-order valence-electron chi connectivity index (χ4n) is 0.541. The zero-order chi connectivity index (χ0) is 6.69. The molecule has 0 heterocycles. The maximum absolute atomic E-state index is 12.1. The molecule has 0 amide bonds. The van der Waals surface area contributed by atoms with E-state index >= 15 is 0 Å². The molecule has 46 valence electrons. The number of carbonyl (C=O) groups is 1. The molecule has 1 nitrogen and oxygen atoms in total. The molecule has 0 saturated carbocycles. The normalized spacial score (nSPS) is 9.00. The quantitative estimate of drug-likeness (QED) is 0.412. The molecule has 0 saturated heterocycles.